The number of anilines is 2. The van der Waals surface area contributed by atoms with E-state index in [1.165, 1.54) is 4.21 Å². The van der Waals surface area contributed by atoms with E-state index in [9.17, 15) is 4.79 Å². The Balaban J connectivity index is 1.80. The average Bonchev–Trinajstić information content (AvgIpc) is 2.86. The van der Waals surface area contributed by atoms with Crippen LogP contribution < -0.4 is 11.1 Å². The maximum Gasteiger partial charge on any atom is 0.225 e. The number of nitrogen functional groups attached to an aromatic ring is 1. The van der Waals surface area contributed by atoms with Crippen LogP contribution in [0.3, 0.4) is 0 Å². The molecule has 0 aliphatic carbocycles. The van der Waals surface area contributed by atoms with Crippen LogP contribution in [0.5, 0.6) is 0 Å². The third-order valence-electron chi connectivity index (χ3n) is 2.36. The summed E-state index contributed by atoms with van der Waals surface area (Å²) in [5.74, 6) is 0.706. The average molecular weight is 313 g/mol. The van der Waals surface area contributed by atoms with E-state index in [0.717, 1.165) is 5.75 Å². The molecular formula is C13H13ClN2OS2. The summed E-state index contributed by atoms with van der Waals surface area (Å²) in [5.41, 5.74) is 6.86. The van der Waals surface area contributed by atoms with Crippen molar-refractivity contribution in [2.24, 2.45) is 0 Å². The number of hydrogen-bond donors (Lipinski definition) is 2. The minimum absolute atomic E-state index is 0.0434. The minimum Gasteiger partial charge on any atom is -0.397 e. The van der Waals surface area contributed by atoms with E-state index < -0.39 is 0 Å². The van der Waals surface area contributed by atoms with Gasteiger partial charge in [-0.2, -0.15) is 0 Å². The lowest BCUT2D eigenvalue weighted by Crippen LogP contribution is -2.13. The van der Waals surface area contributed by atoms with Gasteiger partial charge in [0, 0.05) is 17.2 Å². The Hall–Kier alpha value is -1.17. The number of carbonyl (C=O) groups excluding carboxylic acids is 1. The zero-order valence-electron chi connectivity index (χ0n) is 10.1. The van der Waals surface area contributed by atoms with Crippen LogP contribution >= 0.6 is 34.7 Å². The Kier molecular flexibility index (Phi) is 5.13. The quantitative estimate of drug-likeness (QED) is 0.645. The van der Waals surface area contributed by atoms with E-state index in [-0.39, 0.29) is 5.91 Å². The Morgan fingerprint density at radius 1 is 1.42 bits per heavy atom. The number of hydrogen-bond acceptors (Lipinski definition) is 4. The van der Waals surface area contributed by atoms with Gasteiger partial charge in [-0.3, -0.25) is 4.79 Å². The molecule has 1 aromatic heterocycles. The fraction of sp³-hybridized carbons (Fsp3) is 0.154. The van der Waals surface area contributed by atoms with Crippen molar-refractivity contribution >= 4 is 52.0 Å². The molecule has 0 saturated carbocycles. The van der Waals surface area contributed by atoms with E-state index in [1.807, 2.05) is 17.5 Å². The number of amides is 1. The predicted molar refractivity (Wildman–Crippen MR) is 84.2 cm³/mol. The van der Waals surface area contributed by atoms with E-state index in [4.69, 9.17) is 17.3 Å². The van der Waals surface area contributed by atoms with Crippen molar-refractivity contribution in [1.29, 1.82) is 0 Å². The molecule has 0 saturated heterocycles. The first-order chi connectivity index (χ1) is 9.15. The second-order valence-electron chi connectivity index (χ2n) is 3.81. The molecule has 1 heterocycles. The van der Waals surface area contributed by atoms with Crippen LogP contribution in [0.4, 0.5) is 11.4 Å². The fourth-order valence-corrected chi connectivity index (χ4v) is 3.43. The van der Waals surface area contributed by atoms with Crippen molar-refractivity contribution in [2.45, 2.75) is 10.6 Å². The van der Waals surface area contributed by atoms with Gasteiger partial charge < -0.3 is 11.1 Å². The van der Waals surface area contributed by atoms with Gasteiger partial charge in [0.05, 0.1) is 15.6 Å². The van der Waals surface area contributed by atoms with Gasteiger partial charge in [0.1, 0.15) is 0 Å². The highest BCUT2D eigenvalue weighted by atomic mass is 35.5. The highest BCUT2D eigenvalue weighted by molar-refractivity contribution is 8.01. The summed E-state index contributed by atoms with van der Waals surface area (Å²) < 4.78 is 1.22. The largest absolute Gasteiger partial charge is 0.397 e. The van der Waals surface area contributed by atoms with Gasteiger partial charge in [0.25, 0.3) is 0 Å². The maximum absolute atomic E-state index is 11.8. The Morgan fingerprint density at radius 3 is 2.95 bits per heavy atom. The molecule has 19 heavy (non-hydrogen) atoms. The molecule has 0 unspecified atom stereocenters. The lowest BCUT2D eigenvalue weighted by Gasteiger charge is -2.08. The molecule has 0 aliphatic heterocycles. The Bertz CT molecular complexity index is 558. The first kappa shape index (κ1) is 14.2. The molecule has 3 N–H and O–H groups in total. The summed E-state index contributed by atoms with van der Waals surface area (Å²) in [6.07, 6.45) is 0.449. The first-order valence-electron chi connectivity index (χ1n) is 5.66. The third kappa shape index (κ3) is 4.45. The third-order valence-corrected chi connectivity index (χ3v) is 4.72. The number of thioether (sulfide) groups is 1. The summed E-state index contributed by atoms with van der Waals surface area (Å²) in [4.78, 5) is 11.8. The lowest BCUT2D eigenvalue weighted by molar-refractivity contribution is -0.115. The van der Waals surface area contributed by atoms with Gasteiger partial charge in [0.15, 0.2) is 0 Å². The zero-order chi connectivity index (χ0) is 13.7. The SMILES string of the molecule is Nc1cc(Cl)ccc1NC(=O)CCSc1cccs1. The topological polar surface area (TPSA) is 55.1 Å². The van der Waals surface area contributed by atoms with Gasteiger partial charge in [-0.15, -0.1) is 23.1 Å². The smallest absolute Gasteiger partial charge is 0.225 e. The molecule has 1 aromatic carbocycles. The number of carbonyl (C=O) groups is 1. The van der Waals surface area contributed by atoms with Crippen molar-refractivity contribution in [1.82, 2.24) is 0 Å². The number of benzene rings is 1. The highest BCUT2D eigenvalue weighted by Crippen LogP contribution is 2.25. The second-order valence-corrected chi connectivity index (χ2v) is 6.59. The van der Waals surface area contributed by atoms with Crippen molar-refractivity contribution in [3.8, 4) is 0 Å². The standard InChI is InChI=1S/C13H13ClN2OS2/c14-9-3-4-11(10(15)8-9)16-12(17)5-7-19-13-2-1-6-18-13/h1-4,6,8H,5,7,15H2,(H,16,17). The molecule has 6 heteroatoms. The molecule has 100 valence electrons. The van der Waals surface area contributed by atoms with Crippen LogP contribution in [-0.4, -0.2) is 11.7 Å². The summed E-state index contributed by atoms with van der Waals surface area (Å²) in [6.45, 7) is 0. The second kappa shape index (κ2) is 6.84. The normalized spacial score (nSPS) is 10.4. The van der Waals surface area contributed by atoms with Gasteiger partial charge in [-0.25, -0.2) is 0 Å². The van der Waals surface area contributed by atoms with Crippen molar-refractivity contribution in [3.05, 3.63) is 40.7 Å². The molecule has 1 amide bonds. The minimum atomic E-state index is -0.0434. The van der Waals surface area contributed by atoms with Gasteiger partial charge in [-0.1, -0.05) is 17.7 Å². The summed E-state index contributed by atoms with van der Waals surface area (Å²) >= 11 is 9.16. The molecule has 0 bridgehead atoms. The number of rotatable bonds is 5. The fourth-order valence-electron chi connectivity index (χ4n) is 1.45. The van der Waals surface area contributed by atoms with Crippen LogP contribution in [0, 0.1) is 0 Å². The molecule has 3 nitrogen and oxygen atoms in total. The summed E-state index contributed by atoms with van der Waals surface area (Å²) in [5, 5.41) is 5.37. The monoisotopic (exact) mass is 312 g/mol. The Labute approximate surface area is 125 Å². The zero-order valence-corrected chi connectivity index (χ0v) is 12.4. The van der Waals surface area contributed by atoms with Crippen LogP contribution in [0.15, 0.2) is 39.9 Å². The summed E-state index contributed by atoms with van der Waals surface area (Å²) in [6, 6.07) is 9.08. The molecule has 2 rings (SSSR count). The number of thiophene rings is 1. The molecular weight excluding hydrogens is 300 g/mol. The lowest BCUT2D eigenvalue weighted by atomic mass is 10.2. The number of nitrogens with two attached hydrogens (primary N) is 1. The molecule has 0 fully saturated rings. The van der Waals surface area contributed by atoms with Crippen LogP contribution in [0.25, 0.3) is 0 Å². The Morgan fingerprint density at radius 2 is 2.26 bits per heavy atom. The molecule has 0 aliphatic rings. The van der Waals surface area contributed by atoms with E-state index in [2.05, 4.69) is 5.32 Å². The first-order valence-corrected chi connectivity index (χ1v) is 7.90. The predicted octanol–water partition coefficient (Wildman–Crippen LogP) is 4.10. The molecule has 0 atom stereocenters. The maximum atomic E-state index is 11.8. The number of halogens is 1. The van der Waals surface area contributed by atoms with Crippen LogP contribution in [-0.2, 0) is 4.79 Å². The molecule has 2 aromatic rings. The van der Waals surface area contributed by atoms with Crippen LogP contribution in [0.1, 0.15) is 6.42 Å². The van der Waals surface area contributed by atoms with Crippen molar-refractivity contribution in [2.75, 3.05) is 16.8 Å². The number of nitrogens with one attached hydrogen (secondary N) is 1. The van der Waals surface area contributed by atoms with E-state index in [1.54, 1.807) is 41.3 Å². The van der Waals surface area contributed by atoms with Gasteiger partial charge >= 0.3 is 0 Å². The highest BCUT2D eigenvalue weighted by Gasteiger charge is 2.06. The molecule has 0 spiro atoms. The summed E-state index contributed by atoms with van der Waals surface area (Å²) in [7, 11) is 0. The van der Waals surface area contributed by atoms with E-state index in [0.29, 0.717) is 22.8 Å². The van der Waals surface area contributed by atoms with E-state index >= 15 is 0 Å². The van der Waals surface area contributed by atoms with Crippen LogP contribution in [0.2, 0.25) is 5.02 Å². The van der Waals surface area contributed by atoms with Gasteiger partial charge in [-0.05, 0) is 29.6 Å². The van der Waals surface area contributed by atoms with Crippen molar-refractivity contribution < 1.29 is 4.79 Å². The van der Waals surface area contributed by atoms with Gasteiger partial charge in [0.2, 0.25) is 5.91 Å². The van der Waals surface area contributed by atoms with Crippen molar-refractivity contribution in [3.63, 3.8) is 0 Å². The molecule has 0 radical (unpaired) electrons.